The van der Waals surface area contributed by atoms with Crippen LogP contribution in [0.3, 0.4) is 0 Å². The van der Waals surface area contributed by atoms with E-state index in [0.29, 0.717) is 36.8 Å². The molecule has 1 amide bonds. The van der Waals surface area contributed by atoms with Crippen LogP contribution in [0.4, 0.5) is 11.6 Å². The van der Waals surface area contributed by atoms with Gasteiger partial charge >= 0.3 is 0 Å². The van der Waals surface area contributed by atoms with E-state index in [1.807, 2.05) is 12.1 Å². The molecule has 1 aromatic heterocycles. The Morgan fingerprint density at radius 3 is 3.00 bits per heavy atom. The first-order chi connectivity index (χ1) is 9.25. The highest BCUT2D eigenvalue weighted by molar-refractivity contribution is 5.88. The maximum atomic E-state index is 11.5. The normalized spacial score (nSPS) is 10.1. The zero-order valence-corrected chi connectivity index (χ0v) is 10.3. The SMILES string of the molecule is Nc1ccccc1OCCCC(=O)Nc1ncn[nH]1. The number of para-hydroxylation sites is 2. The Bertz CT molecular complexity index is 527. The van der Waals surface area contributed by atoms with Crippen LogP contribution >= 0.6 is 0 Å². The standard InChI is InChI=1S/C12H15N5O2/c13-9-4-1-2-5-10(9)19-7-3-6-11(18)16-12-14-8-15-17-12/h1-2,4-5,8H,3,6-7,13H2,(H2,14,15,16,17,18). The number of aromatic nitrogens is 3. The van der Waals surface area contributed by atoms with Crippen LogP contribution in [0.15, 0.2) is 30.6 Å². The Balaban J connectivity index is 1.67. The second kappa shape index (κ2) is 6.39. The van der Waals surface area contributed by atoms with Gasteiger partial charge in [0.1, 0.15) is 12.1 Å². The van der Waals surface area contributed by atoms with Gasteiger partial charge in [0.05, 0.1) is 12.3 Å². The number of nitrogens with one attached hydrogen (secondary N) is 2. The van der Waals surface area contributed by atoms with Gasteiger partial charge in [-0.25, -0.2) is 5.10 Å². The summed E-state index contributed by atoms with van der Waals surface area (Å²) in [5, 5.41) is 8.77. The van der Waals surface area contributed by atoms with Crippen molar-refractivity contribution in [2.45, 2.75) is 12.8 Å². The molecule has 1 heterocycles. The van der Waals surface area contributed by atoms with Gasteiger partial charge in [-0.3, -0.25) is 10.1 Å². The minimum Gasteiger partial charge on any atom is -0.491 e. The fraction of sp³-hybridized carbons (Fsp3) is 0.250. The molecule has 0 fully saturated rings. The van der Waals surface area contributed by atoms with E-state index < -0.39 is 0 Å². The van der Waals surface area contributed by atoms with Crippen LogP contribution in [0.25, 0.3) is 0 Å². The monoisotopic (exact) mass is 261 g/mol. The van der Waals surface area contributed by atoms with Crippen molar-refractivity contribution in [1.82, 2.24) is 15.2 Å². The summed E-state index contributed by atoms with van der Waals surface area (Å²) in [4.78, 5) is 15.3. The molecular weight excluding hydrogens is 246 g/mol. The molecule has 0 aliphatic heterocycles. The average molecular weight is 261 g/mol. The van der Waals surface area contributed by atoms with Gasteiger partial charge in [-0.1, -0.05) is 12.1 Å². The first kappa shape index (κ1) is 12.9. The molecule has 0 radical (unpaired) electrons. The lowest BCUT2D eigenvalue weighted by Gasteiger charge is -2.08. The van der Waals surface area contributed by atoms with Crippen molar-refractivity contribution >= 4 is 17.5 Å². The molecule has 7 nitrogen and oxygen atoms in total. The zero-order chi connectivity index (χ0) is 13.5. The quantitative estimate of drug-likeness (QED) is 0.535. The number of ether oxygens (including phenoxy) is 1. The van der Waals surface area contributed by atoms with Gasteiger partial charge in [0, 0.05) is 6.42 Å². The first-order valence-electron chi connectivity index (χ1n) is 5.88. The topological polar surface area (TPSA) is 106 Å². The van der Waals surface area contributed by atoms with E-state index in [2.05, 4.69) is 20.5 Å². The van der Waals surface area contributed by atoms with Crippen LogP contribution < -0.4 is 15.8 Å². The number of benzene rings is 1. The minimum atomic E-state index is -0.138. The third-order valence-corrected chi connectivity index (χ3v) is 2.40. The van der Waals surface area contributed by atoms with E-state index in [1.165, 1.54) is 6.33 Å². The molecule has 0 bridgehead atoms. The molecule has 0 unspecified atom stereocenters. The van der Waals surface area contributed by atoms with Crippen molar-refractivity contribution in [2.24, 2.45) is 0 Å². The highest BCUT2D eigenvalue weighted by Gasteiger charge is 2.04. The molecule has 0 atom stereocenters. The summed E-state index contributed by atoms with van der Waals surface area (Å²) in [7, 11) is 0. The van der Waals surface area contributed by atoms with Crippen molar-refractivity contribution in [2.75, 3.05) is 17.7 Å². The van der Waals surface area contributed by atoms with Gasteiger partial charge in [-0.2, -0.15) is 10.1 Å². The van der Waals surface area contributed by atoms with Crippen molar-refractivity contribution in [3.63, 3.8) is 0 Å². The Kier molecular flexibility index (Phi) is 4.33. The highest BCUT2D eigenvalue weighted by Crippen LogP contribution is 2.19. The van der Waals surface area contributed by atoms with Crippen molar-refractivity contribution in [3.8, 4) is 5.75 Å². The molecule has 0 aliphatic carbocycles. The average Bonchev–Trinajstić information content (AvgIpc) is 2.89. The second-order valence-corrected chi connectivity index (χ2v) is 3.87. The lowest BCUT2D eigenvalue weighted by atomic mass is 10.3. The number of anilines is 2. The fourth-order valence-corrected chi connectivity index (χ4v) is 1.49. The zero-order valence-electron chi connectivity index (χ0n) is 10.3. The number of carbonyl (C=O) groups excluding carboxylic acids is 1. The Morgan fingerprint density at radius 1 is 1.42 bits per heavy atom. The van der Waals surface area contributed by atoms with E-state index in [-0.39, 0.29) is 5.91 Å². The van der Waals surface area contributed by atoms with E-state index in [0.717, 1.165) is 0 Å². The summed E-state index contributed by atoms with van der Waals surface area (Å²) in [6.07, 6.45) is 2.26. The Hall–Kier alpha value is -2.57. The highest BCUT2D eigenvalue weighted by atomic mass is 16.5. The number of aromatic amines is 1. The van der Waals surface area contributed by atoms with Gasteiger partial charge in [0.25, 0.3) is 0 Å². The second-order valence-electron chi connectivity index (χ2n) is 3.87. The van der Waals surface area contributed by atoms with Gasteiger partial charge in [0.2, 0.25) is 11.9 Å². The molecule has 2 aromatic rings. The molecule has 7 heteroatoms. The van der Waals surface area contributed by atoms with Crippen LogP contribution in [0.5, 0.6) is 5.75 Å². The number of nitrogens with two attached hydrogens (primary N) is 1. The molecule has 2 rings (SSSR count). The summed E-state index contributed by atoms with van der Waals surface area (Å²) >= 11 is 0. The van der Waals surface area contributed by atoms with Crippen LogP contribution in [0, 0.1) is 0 Å². The number of nitrogens with zero attached hydrogens (tertiary/aromatic N) is 2. The number of amides is 1. The van der Waals surface area contributed by atoms with Gasteiger partial charge in [-0.15, -0.1) is 0 Å². The lowest BCUT2D eigenvalue weighted by molar-refractivity contribution is -0.116. The predicted octanol–water partition coefficient (Wildman–Crippen LogP) is 1.18. The summed E-state index contributed by atoms with van der Waals surface area (Å²) in [5.74, 6) is 0.845. The van der Waals surface area contributed by atoms with E-state index in [1.54, 1.807) is 12.1 Å². The van der Waals surface area contributed by atoms with E-state index >= 15 is 0 Å². The largest absolute Gasteiger partial charge is 0.491 e. The Morgan fingerprint density at radius 2 is 2.26 bits per heavy atom. The first-order valence-corrected chi connectivity index (χ1v) is 5.88. The van der Waals surface area contributed by atoms with E-state index in [9.17, 15) is 4.79 Å². The number of hydrogen-bond acceptors (Lipinski definition) is 5. The molecule has 0 saturated carbocycles. The number of H-pyrrole nitrogens is 1. The van der Waals surface area contributed by atoms with Crippen LogP contribution in [0.1, 0.15) is 12.8 Å². The van der Waals surface area contributed by atoms with Crippen LogP contribution in [-0.2, 0) is 4.79 Å². The molecule has 19 heavy (non-hydrogen) atoms. The number of rotatable bonds is 6. The summed E-state index contributed by atoms with van der Waals surface area (Å²) in [6, 6.07) is 7.26. The molecule has 0 aliphatic rings. The van der Waals surface area contributed by atoms with Crippen molar-refractivity contribution in [1.29, 1.82) is 0 Å². The van der Waals surface area contributed by atoms with Crippen LogP contribution in [0.2, 0.25) is 0 Å². The molecule has 100 valence electrons. The minimum absolute atomic E-state index is 0.138. The molecule has 0 saturated heterocycles. The molecule has 4 N–H and O–H groups in total. The van der Waals surface area contributed by atoms with Crippen molar-refractivity contribution < 1.29 is 9.53 Å². The van der Waals surface area contributed by atoms with Crippen molar-refractivity contribution in [3.05, 3.63) is 30.6 Å². The summed E-state index contributed by atoms with van der Waals surface area (Å²) in [6.45, 7) is 0.429. The molecule has 0 spiro atoms. The molecule has 1 aromatic carbocycles. The third kappa shape index (κ3) is 3.98. The maximum Gasteiger partial charge on any atom is 0.226 e. The number of nitrogen functional groups attached to an aromatic ring is 1. The summed E-state index contributed by atoms with van der Waals surface area (Å²) < 4.78 is 5.48. The van der Waals surface area contributed by atoms with E-state index in [4.69, 9.17) is 10.5 Å². The number of hydrogen-bond donors (Lipinski definition) is 3. The molecular formula is C12H15N5O2. The third-order valence-electron chi connectivity index (χ3n) is 2.40. The fourth-order valence-electron chi connectivity index (χ4n) is 1.49. The van der Waals surface area contributed by atoms with Crippen LogP contribution in [-0.4, -0.2) is 27.7 Å². The van der Waals surface area contributed by atoms with Gasteiger partial charge in [-0.05, 0) is 18.6 Å². The Labute approximate surface area is 110 Å². The van der Waals surface area contributed by atoms with Gasteiger partial charge < -0.3 is 10.5 Å². The smallest absolute Gasteiger partial charge is 0.226 e. The number of carbonyl (C=O) groups is 1. The van der Waals surface area contributed by atoms with Gasteiger partial charge in [0.15, 0.2) is 0 Å². The lowest BCUT2D eigenvalue weighted by Crippen LogP contribution is -2.13. The maximum absolute atomic E-state index is 11.5. The summed E-state index contributed by atoms with van der Waals surface area (Å²) in [5.41, 5.74) is 6.32. The predicted molar refractivity (Wildman–Crippen MR) is 70.6 cm³/mol.